The molecule has 0 spiro atoms. The van der Waals surface area contributed by atoms with E-state index in [2.05, 4.69) is 23.9 Å². The molecule has 1 heterocycles. The Morgan fingerprint density at radius 3 is 2.81 bits per heavy atom. The lowest BCUT2D eigenvalue weighted by atomic mass is 10.0. The second-order valence-corrected chi connectivity index (χ2v) is 5.49. The van der Waals surface area contributed by atoms with Gasteiger partial charge in [0, 0.05) is 25.7 Å². The molecule has 0 aliphatic carbocycles. The highest BCUT2D eigenvalue weighted by molar-refractivity contribution is 4.80. The molecular formula is C12H27N3O. The molecule has 0 aromatic carbocycles. The van der Waals surface area contributed by atoms with E-state index in [1.807, 2.05) is 6.92 Å². The Morgan fingerprint density at radius 1 is 1.56 bits per heavy atom. The van der Waals surface area contributed by atoms with Crippen molar-refractivity contribution >= 4 is 0 Å². The minimum Gasteiger partial charge on any atom is -0.389 e. The second kappa shape index (κ2) is 5.96. The number of piperidine rings is 1. The zero-order chi connectivity index (χ0) is 12.2. The molecule has 1 fully saturated rings. The van der Waals surface area contributed by atoms with Gasteiger partial charge in [-0.2, -0.15) is 0 Å². The van der Waals surface area contributed by atoms with Crippen LogP contribution in [0, 0.1) is 0 Å². The number of likely N-dealkylation sites (N-methyl/N-ethyl adjacent to an activating group) is 2. The molecule has 4 heteroatoms. The molecular weight excluding hydrogens is 202 g/mol. The predicted molar refractivity (Wildman–Crippen MR) is 67.4 cm³/mol. The maximum Gasteiger partial charge on any atom is 0.0753 e. The minimum atomic E-state index is -0.713. The third-order valence-corrected chi connectivity index (χ3v) is 3.67. The van der Waals surface area contributed by atoms with Crippen molar-refractivity contribution < 1.29 is 5.11 Å². The summed E-state index contributed by atoms with van der Waals surface area (Å²) in [5.74, 6) is 0. The van der Waals surface area contributed by atoms with Crippen LogP contribution in [0.25, 0.3) is 0 Å². The maximum atomic E-state index is 9.86. The first-order chi connectivity index (χ1) is 7.44. The van der Waals surface area contributed by atoms with Gasteiger partial charge >= 0.3 is 0 Å². The Balaban J connectivity index is 2.31. The van der Waals surface area contributed by atoms with Gasteiger partial charge in [-0.1, -0.05) is 0 Å². The van der Waals surface area contributed by atoms with Crippen LogP contribution < -0.4 is 5.73 Å². The monoisotopic (exact) mass is 229 g/mol. The average molecular weight is 229 g/mol. The van der Waals surface area contributed by atoms with Crippen molar-refractivity contribution in [3.05, 3.63) is 0 Å². The van der Waals surface area contributed by atoms with Crippen LogP contribution in [0.1, 0.15) is 26.2 Å². The minimum absolute atomic E-state index is 0.339. The standard InChI is InChI=1S/C12H27N3O/c1-12(16,10-13)6-8-15(3)11-5-4-7-14(2)9-11/h11,16H,4-10,13H2,1-3H3. The van der Waals surface area contributed by atoms with Crippen LogP contribution in [0.5, 0.6) is 0 Å². The number of hydrogen-bond acceptors (Lipinski definition) is 4. The first-order valence-electron chi connectivity index (χ1n) is 6.26. The third-order valence-electron chi connectivity index (χ3n) is 3.67. The lowest BCUT2D eigenvalue weighted by Gasteiger charge is -2.37. The predicted octanol–water partition coefficient (Wildman–Crippen LogP) is 0.112. The van der Waals surface area contributed by atoms with Crippen LogP contribution >= 0.6 is 0 Å². The fraction of sp³-hybridized carbons (Fsp3) is 1.00. The Kier molecular flexibility index (Phi) is 5.18. The van der Waals surface area contributed by atoms with Crippen molar-refractivity contribution in [1.82, 2.24) is 9.80 Å². The number of aliphatic hydroxyl groups is 1. The van der Waals surface area contributed by atoms with Crippen molar-refractivity contribution in [3.63, 3.8) is 0 Å². The first kappa shape index (κ1) is 13.9. The van der Waals surface area contributed by atoms with E-state index in [-0.39, 0.29) is 0 Å². The van der Waals surface area contributed by atoms with E-state index in [9.17, 15) is 5.11 Å². The van der Waals surface area contributed by atoms with Crippen molar-refractivity contribution in [2.75, 3.05) is 40.3 Å². The van der Waals surface area contributed by atoms with Gasteiger partial charge in [-0.15, -0.1) is 0 Å². The van der Waals surface area contributed by atoms with Crippen LogP contribution in [-0.4, -0.2) is 66.8 Å². The van der Waals surface area contributed by atoms with E-state index >= 15 is 0 Å². The Labute approximate surface area is 99.4 Å². The van der Waals surface area contributed by atoms with Crippen LogP contribution in [0.15, 0.2) is 0 Å². The van der Waals surface area contributed by atoms with Gasteiger partial charge in [0.2, 0.25) is 0 Å². The molecule has 3 N–H and O–H groups in total. The summed E-state index contributed by atoms with van der Waals surface area (Å²) in [4.78, 5) is 4.74. The second-order valence-electron chi connectivity index (χ2n) is 5.49. The zero-order valence-corrected chi connectivity index (χ0v) is 10.9. The largest absolute Gasteiger partial charge is 0.389 e. The SMILES string of the molecule is CN1CCCC(N(C)CCC(C)(O)CN)C1. The lowest BCUT2D eigenvalue weighted by Crippen LogP contribution is -2.47. The highest BCUT2D eigenvalue weighted by Crippen LogP contribution is 2.15. The lowest BCUT2D eigenvalue weighted by molar-refractivity contribution is 0.0396. The molecule has 2 atom stereocenters. The van der Waals surface area contributed by atoms with Gasteiger partial charge in [0.05, 0.1) is 5.60 Å². The summed E-state index contributed by atoms with van der Waals surface area (Å²) in [6, 6.07) is 0.632. The maximum absolute atomic E-state index is 9.86. The molecule has 16 heavy (non-hydrogen) atoms. The average Bonchev–Trinajstić information content (AvgIpc) is 2.26. The summed E-state index contributed by atoms with van der Waals surface area (Å²) in [7, 11) is 4.33. The molecule has 0 aromatic rings. The molecule has 4 nitrogen and oxygen atoms in total. The number of nitrogens with zero attached hydrogens (tertiary/aromatic N) is 2. The van der Waals surface area contributed by atoms with E-state index in [1.54, 1.807) is 0 Å². The van der Waals surface area contributed by atoms with Crippen LogP contribution in [0.2, 0.25) is 0 Å². The molecule has 2 unspecified atom stereocenters. The van der Waals surface area contributed by atoms with Crippen molar-refractivity contribution in [3.8, 4) is 0 Å². The quantitative estimate of drug-likeness (QED) is 0.703. The van der Waals surface area contributed by atoms with Crippen LogP contribution in [0.4, 0.5) is 0 Å². The molecule has 1 saturated heterocycles. The van der Waals surface area contributed by atoms with Gasteiger partial charge in [0.1, 0.15) is 0 Å². The van der Waals surface area contributed by atoms with E-state index in [1.165, 1.54) is 19.4 Å². The van der Waals surface area contributed by atoms with Crippen molar-refractivity contribution in [2.24, 2.45) is 5.73 Å². The number of likely N-dealkylation sites (tertiary alicyclic amines) is 1. The Morgan fingerprint density at radius 2 is 2.25 bits per heavy atom. The zero-order valence-electron chi connectivity index (χ0n) is 10.9. The Hall–Kier alpha value is -0.160. The molecule has 0 amide bonds. The van der Waals surface area contributed by atoms with Gasteiger partial charge in [0.15, 0.2) is 0 Å². The summed E-state index contributed by atoms with van der Waals surface area (Å²) < 4.78 is 0. The van der Waals surface area contributed by atoms with E-state index < -0.39 is 5.60 Å². The normalized spacial score (nSPS) is 27.0. The van der Waals surface area contributed by atoms with Gasteiger partial charge in [-0.05, 0) is 46.8 Å². The van der Waals surface area contributed by atoms with Gasteiger partial charge < -0.3 is 20.6 Å². The molecule has 1 aliphatic rings. The highest BCUT2D eigenvalue weighted by Gasteiger charge is 2.24. The third kappa shape index (κ3) is 4.37. The van der Waals surface area contributed by atoms with Crippen molar-refractivity contribution in [2.45, 2.75) is 37.8 Å². The molecule has 0 bridgehead atoms. The summed E-state index contributed by atoms with van der Waals surface area (Å²) in [5, 5.41) is 9.86. The van der Waals surface area contributed by atoms with Crippen molar-refractivity contribution in [1.29, 1.82) is 0 Å². The van der Waals surface area contributed by atoms with E-state index in [0.717, 1.165) is 19.5 Å². The molecule has 0 saturated carbocycles. The van der Waals surface area contributed by atoms with Gasteiger partial charge in [-0.25, -0.2) is 0 Å². The topological polar surface area (TPSA) is 52.7 Å². The number of nitrogens with two attached hydrogens (primary N) is 1. The summed E-state index contributed by atoms with van der Waals surface area (Å²) >= 11 is 0. The summed E-state index contributed by atoms with van der Waals surface area (Å²) in [5.41, 5.74) is 4.80. The molecule has 1 rings (SSSR count). The molecule has 96 valence electrons. The van der Waals surface area contributed by atoms with E-state index in [4.69, 9.17) is 5.73 Å². The smallest absolute Gasteiger partial charge is 0.0753 e. The van der Waals surface area contributed by atoms with Gasteiger partial charge in [-0.3, -0.25) is 0 Å². The van der Waals surface area contributed by atoms with E-state index in [0.29, 0.717) is 12.6 Å². The fourth-order valence-electron chi connectivity index (χ4n) is 2.20. The number of rotatable bonds is 5. The summed E-state index contributed by atoms with van der Waals surface area (Å²) in [6.45, 7) is 5.42. The first-order valence-corrected chi connectivity index (χ1v) is 6.26. The van der Waals surface area contributed by atoms with Gasteiger partial charge in [0.25, 0.3) is 0 Å². The Bertz CT molecular complexity index is 208. The highest BCUT2D eigenvalue weighted by atomic mass is 16.3. The molecule has 0 aromatic heterocycles. The molecule has 1 aliphatic heterocycles. The fourth-order valence-corrected chi connectivity index (χ4v) is 2.20. The van der Waals surface area contributed by atoms with Crippen LogP contribution in [0.3, 0.4) is 0 Å². The molecule has 0 radical (unpaired) electrons. The summed E-state index contributed by atoms with van der Waals surface area (Å²) in [6.07, 6.45) is 3.30. The number of hydrogen-bond donors (Lipinski definition) is 2. The van der Waals surface area contributed by atoms with Crippen LogP contribution in [-0.2, 0) is 0 Å².